The first-order valence-electron chi connectivity index (χ1n) is 10.7. The molecule has 1 amide bonds. The number of hydrogen-bond donors (Lipinski definition) is 1. The predicted octanol–water partition coefficient (Wildman–Crippen LogP) is 3.70. The average molecular weight is 474 g/mol. The average Bonchev–Trinajstić information content (AvgIpc) is 3.40. The molecule has 0 aliphatic carbocycles. The van der Waals surface area contributed by atoms with Gasteiger partial charge in [-0.1, -0.05) is 6.07 Å². The number of rotatable bonds is 5. The van der Waals surface area contributed by atoms with Gasteiger partial charge in [-0.05, 0) is 30.7 Å². The van der Waals surface area contributed by atoms with Crippen molar-refractivity contribution in [2.75, 3.05) is 26.4 Å². The number of pyridine rings is 1. The summed E-state index contributed by atoms with van der Waals surface area (Å²) in [6.45, 7) is 3.25. The Morgan fingerprint density at radius 3 is 2.79 bits per heavy atom. The highest BCUT2D eigenvalue weighted by molar-refractivity contribution is 6.09. The molecule has 1 saturated heterocycles. The molecule has 8 nitrogen and oxygen atoms in total. The number of aromatic nitrogens is 3. The van der Waals surface area contributed by atoms with Gasteiger partial charge in [0.15, 0.2) is 0 Å². The number of alkyl halides is 3. The Labute approximate surface area is 191 Å². The molecule has 178 valence electrons. The lowest BCUT2D eigenvalue weighted by Crippen LogP contribution is -2.40. The molecular weight excluding hydrogens is 453 g/mol. The lowest BCUT2D eigenvalue weighted by molar-refractivity contribution is -0.137. The zero-order valence-electron chi connectivity index (χ0n) is 18.2. The first-order chi connectivity index (χ1) is 16.3. The van der Waals surface area contributed by atoms with Gasteiger partial charge < -0.3 is 19.2 Å². The number of ether oxygens (including phenoxy) is 2. The largest absolute Gasteiger partial charge is 0.450 e. The van der Waals surface area contributed by atoms with Crippen molar-refractivity contribution in [1.82, 2.24) is 20.1 Å². The van der Waals surface area contributed by atoms with Crippen LogP contribution in [0.25, 0.3) is 21.9 Å². The first-order valence-corrected chi connectivity index (χ1v) is 10.7. The number of furan rings is 1. The number of nitrogens with one attached hydrogen (secondary N) is 1. The van der Waals surface area contributed by atoms with Gasteiger partial charge in [0.25, 0.3) is 5.91 Å². The van der Waals surface area contributed by atoms with Crippen molar-refractivity contribution in [2.45, 2.75) is 25.7 Å². The third-order valence-corrected chi connectivity index (χ3v) is 5.56. The summed E-state index contributed by atoms with van der Waals surface area (Å²) < 4.78 is 60.1. The third kappa shape index (κ3) is 4.36. The molecule has 4 heterocycles. The molecule has 3 aromatic heterocycles. The maximum atomic E-state index is 14.2. The highest BCUT2D eigenvalue weighted by atomic mass is 19.4. The van der Waals surface area contributed by atoms with Crippen LogP contribution >= 0.6 is 0 Å². The van der Waals surface area contributed by atoms with E-state index in [1.807, 2.05) is 19.1 Å². The quantitative estimate of drug-likeness (QED) is 0.474. The summed E-state index contributed by atoms with van der Waals surface area (Å²) in [5, 5.41) is 7.10. The minimum Gasteiger partial charge on any atom is -0.450 e. The Bertz CT molecular complexity index is 1340. The Morgan fingerprint density at radius 2 is 2.09 bits per heavy atom. The maximum Gasteiger partial charge on any atom is 0.421 e. The third-order valence-electron chi connectivity index (χ3n) is 5.56. The lowest BCUT2D eigenvalue weighted by Gasteiger charge is -2.22. The summed E-state index contributed by atoms with van der Waals surface area (Å²) in [6, 6.07) is 6.77. The van der Waals surface area contributed by atoms with Gasteiger partial charge in [-0.3, -0.25) is 14.5 Å². The van der Waals surface area contributed by atoms with E-state index in [0.717, 1.165) is 11.3 Å². The normalized spacial score (nSPS) is 16.9. The second-order valence-electron chi connectivity index (χ2n) is 8.09. The Kier molecular flexibility index (Phi) is 5.74. The Hall–Kier alpha value is -3.44. The minimum absolute atomic E-state index is 0.00178. The van der Waals surface area contributed by atoms with Crippen molar-refractivity contribution in [3.05, 3.63) is 59.2 Å². The molecule has 0 spiro atoms. The topological polar surface area (TPSA) is 91.4 Å². The maximum absolute atomic E-state index is 14.2. The standard InChI is InChI=1S/C23H21F3N4O4/c1-13-2-3-14(8-27-13)10-30-11-15-4-5-17-18(20(15)29-30)19(23(24,25)26)21(34-17)22(31)28-9-16-12-32-6-7-33-16/h2-5,8,11,16H,6-7,9-10,12H2,1H3,(H,28,31)/t16-/m1/s1. The van der Waals surface area contributed by atoms with Gasteiger partial charge in [0.2, 0.25) is 5.76 Å². The number of carbonyl (C=O) groups excluding carboxylic acids is 1. The van der Waals surface area contributed by atoms with Gasteiger partial charge in [0.1, 0.15) is 16.7 Å². The SMILES string of the molecule is Cc1ccc(Cn2cc3ccc4oc(C(=O)NC[C@@H]5COCCO5)c(C(F)(F)F)c4c3n2)cn1. The van der Waals surface area contributed by atoms with Crippen LogP contribution in [0.3, 0.4) is 0 Å². The highest BCUT2D eigenvalue weighted by Gasteiger charge is 2.42. The molecule has 0 saturated carbocycles. The molecule has 11 heteroatoms. The molecule has 0 bridgehead atoms. The van der Waals surface area contributed by atoms with E-state index in [0.29, 0.717) is 25.1 Å². The van der Waals surface area contributed by atoms with Gasteiger partial charge in [-0.2, -0.15) is 18.3 Å². The van der Waals surface area contributed by atoms with Crippen LogP contribution in [0.2, 0.25) is 0 Å². The van der Waals surface area contributed by atoms with Gasteiger partial charge in [0, 0.05) is 30.0 Å². The summed E-state index contributed by atoms with van der Waals surface area (Å²) in [7, 11) is 0. The number of halogens is 3. The van der Waals surface area contributed by atoms with Gasteiger partial charge in [-0.25, -0.2) is 0 Å². The molecule has 5 rings (SSSR count). The number of nitrogens with zero attached hydrogens (tertiary/aromatic N) is 3. The van der Waals surface area contributed by atoms with E-state index >= 15 is 0 Å². The fourth-order valence-electron chi connectivity index (χ4n) is 3.95. The molecular formula is C23H21F3N4O4. The molecule has 0 unspecified atom stereocenters. The van der Waals surface area contributed by atoms with Crippen LogP contribution in [-0.4, -0.2) is 53.1 Å². The molecule has 1 aliphatic heterocycles. The van der Waals surface area contributed by atoms with E-state index in [4.69, 9.17) is 13.9 Å². The molecule has 1 fully saturated rings. The molecule has 34 heavy (non-hydrogen) atoms. The molecule has 1 atom stereocenters. The number of carbonyl (C=O) groups is 1. The van der Waals surface area contributed by atoms with E-state index in [1.54, 1.807) is 23.1 Å². The number of amides is 1. The van der Waals surface area contributed by atoms with Gasteiger partial charge >= 0.3 is 6.18 Å². The second-order valence-corrected chi connectivity index (χ2v) is 8.09. The number of benzene rings is 1. The summed E-state index contributed by atoms with van der Waals surface area (Å²) in [6.07, 6.45) is -1.92. The molecule has 1 N–H and O–H groups in total. The van der Waals surface area contributed by atoms with Crippen molar-refractivity contribution in [2.24, 2.45) is 0 Å². The molecule has 0 radical (unpaired) electrons. The molecule has 1 aromatic carbocycles. The zero-order valence-corrected chi connectivity index (χ0v) is 18.2. The van der Waals surface area contributed by atoms with Gasteiger partial charge in [0.05, 0.1) is 37.9 Å². The first kappa shape index (κ1) is 22.4. The lowest BCUT2D eigenvalue weighted by atomic mass is 10.1. The number of hydrogen-bond acceptors (Lipinski definition) is 6. The van der Waals surface area contributed by atoms with E-state index in [2.05, 4.69) is 15.4 Å². The highest BCUT2D eigenvalue weighted by Crippen LogP contribution is 2.42. The Balaban J connectivity index is 1.52. The summed E-state index contributed by atoms with van der Waals surface area (Å²) in [5.74, 6) is -1.78. The van der Waals surface area contributed by atoms with Crippen molar-refractivity contribution in [1.29, 1.82) is 0 Å². The predicted molar refractivity (Wildman–Crippen MR) is 115 cm³/mol. The van der Waals surface area contributed by atoms with Crippen LogP contribution < -0.4 is 5.32 Å². The number of fused-ring (bicyclic) bond motifs is 3. The second kappa shape index (κ2) is 8.73. The smallest absolute Gasteiger partial charge is 0.421 e. The van der Waals surface area contributed by atoms with Crippen molar-refractivity contribution < 1.29 is 31.9 Å². The van der Waals surface area contributed by atoms with Crippen LogP contribution in [0, 0.1) is 6.92 Å². The van der Waals surface area contributed by atoms with Crippen molar-refractivity contribution in [3.63, 3.8) is 0 Å². The van der Waals surface area contributed by atoms with Gasteiger partial charge in [-0.15, -0.1) is 0 Å². The monoisotopic (exact) mass is 474 g/mol. The Morgan fingerprint density at radius 1 is 1.24 bits per heavy atom. The van der Waals surface area contributed by atoms with Crippen molar-refractivity contribution >= 4 is 27.8 Å². The van der Waals surface area contributed by atoms with Crippen LogP contribution in [0.1, 0.15) is 27.4 Å². The minimum atomic E-state index is -4.83. The van der Waals surface area contributed by atoms with E-state index < -0.39 is 29.5 Å². The summed E-state index contributed by atoms with van der Waals surface area (Å²) in [5.41, 5.74) is 0.611. The van der Waals surface area contributed by atoms with Crippen LogP contribution in [0.15, 0.2) is 41.1 Å². The number of aryl methyl sites for hydroxylation is 1. The summed E-state index contributed by atoms with van der Waals surface area (Å²) >= 11 is 0. The molecule has 1 aliphatic rings. The van der Waals surface area contributed by atoms with E-state index in [9.17, 15) is 18.0 Å². The van der Waals surface area contributed by atoms with Crippen molar-refractivity contribution in [3.8, 4) is 0 Å². The van der Waals surface area contributed by atoms with Crippen LogP contribution in [-0.2, 0) is 22.2 Å². The fourth-order valence-corrected chi connectivity index (χ4v) is 3.95. The van der Waals surface area contributed by atoms with Crippen LogP contribution in [0.4, 0.5) is 13.2 Å². The van der Waals surface area contributed by atoms with E-state index in [-0.39, 0.29) is 29.6 Å². The van der Waals surface area contributed by atoms with Crippen LogP contribution in [0.5, 0.6) is 0 Å². The van der Waals surface area contributed by atoms with E-state index in [1.165, 1.54) is 6.07 Å². The molecule has 4 aromatic rings. The summed E-state index contributed by atoms with van der Waals surface area (Å²) in [4.78, 5) is 16.9. The fraction of sp³-hybridized carbons (Fsp3) is 0.348. The zero-order chi connectivity index (χ0) is 23.9.